The zero-order valence-corrected chi connectivity index (χ0v) is 14.0. The van der Waals surface area contributed by atoms with Gasteiger partial charge in [-0.25, -0.2) is 9.67 Å². The molecule has 2 aromatic rings. The molecule has 21 heavy (non-hydrogen) atoms. The average molecular weight is 286 g/mol. The van der Waals surface area contributed by atoms with Crippen LogP contribution in [0.1, 0.15) is 46.9 Å². The van der Waals surface area contributed by atoms with Gasteiger partial charge in [0, 0.05) is 0 Å². The highest BCUT2D eigenvalue weighted by atomic mass is 15.3. The molecule has 1 atom stereocenters. The molecule has 0 radical (unpaired) electrons. The summed E-state index contributed by atoms with van der Waals surface area (Å²) in [5.74, 6) is 1.80. The number of rotatable bonds is 5. The summed E-state index contributed by atoms with van der Waals surface area (Å²) in [6, 6.07) is 4.77. The Balaban J connectivity index is 2.37. The quantitative estimate of drug-likeness (QED) is 0.918. The van der Waals surface area contributed by atoms with Crippen LogP contribution >= 0.6 is 0 Å². The van der Waals surface area contributed by atoms with Gasteiger partial charge < -0.3 is 5.32 Å². The van der Waals surface area contributed by atoms with E-state index in [2.05, 4.69) is 55.2 Å². The third-order valence-electron chi connectivity index (χ3n) is 3.86. The summed E-state index contributed by atoms with van der Waals surface area (Å²) in [5, 5.41) is 8.10. The van der Waals surface area contributed by atoms with Crippen molar-refractivity contribution < 1.29 is 0 Å². The predicted molar refractivity (Wildman–Crippen MR) is 86.6 cm³/mol. The molecule has 0 saturated heterocycles. The molecule has 0 fully saturated rings. The number of aromatic nitrogens is 3. The smallest absolute Gasteiger partial charge is 0.147 e. The Bertz CT molecular complexity index is 605. The molecule has 4 nitrogen and oxygen atoms in total. The first-order valence-corrected chi connectivity index (χ1v) is 7.61. The minimum Gasteiger partial charge on any atom is -0.309 e. The Morgan fingerprint density at radius 1 is 1.10 bits per heavy atom. The molecule has 1 heterocycles. The summed E-state index contributed by atoms with van der Waals surface area (Å²) in [5.41, 5.74) is 5.38. The monoisotopic (exact) mass is 286 g/mol. The Hall–Kier alpha value is -1.68. The van der Waals surface area contributed by atoms with E-state index >= 15 is 0 Å². The summed E-state index contributed by atoms with van der Waals surface area (Å²) in [4.78, 5) is 4.40. The number of hydrogen-bond acceptors (Lipinski definition) is 3. The highest BCUT2D eigenvalue weighted by Gasteiger charge is 2.18. The van der Waals surface area contributed by atoms with Crippen molar-refractivity contribution in [1.29, 1.82) is 0 Å². The molecule has 1 aromatic carbocycles. The Kier molecular flexibility index (Phi) is 4.78. The van der Waals surface area contributed by atoms with Gasteiger partial charge in [0.05, 0.1) is 12.6 Å². The van der Waals surface area contributed by atoms with E-state index < -0.39 is 0 Å². The van der Waals surface area contributed by atoms with E-state index in [1.54, 1.807) is 0 Å². The lowest BCUT2D eigenvalue weighted by Crippen LogP contribution is -2.27. The van der Waals surface area contributed by atoms with Crippen LogP contribution in [0.4, 0.5) is 0 Å². The maximum atomic E-state index is 4.50. The molecule has 0 aliphatic carbocycles. The van der Waals surface area contributed by atoms with Crippen molar-refractivity contribution in [2.75, 3.05) is 6.54 Å². The normalized spacial score (nSPS) is 12.7. The van der Waals surface area contributed by atoms with Gasteiger partial charge >= 0.3 is 0 Å². The molecular weight excluding hydrogens is 260 g/mol. The minimum absolute atomic E-state index is 0.260. The number of hydrogen-bond donors (Lipinski definition) is 1. The maximum Gasteiger partial charge on any atom is 0.147 e. The second-order valence-electron chi connectivity index (χ2n) is 5.81. The maximum absolute atomic E-state index is 4.50. The first-order chi connectivity index (χ1) is 9.92. The minimum atomic E-state index is 0.260. The van der Waals surface area contributed by atoms with E-state index in [0.717, 1.165) is 24.7 Å². The van der Waals surface area contributed by atoms with Crippen LogP contribution in [0.3, 0.4) is 0 Å². The molecule has 0 spiro atoms. The second kappa shape index (κ2) is 6.39. The summed E-state index contributed by atoms with van der Waals surface area (Å²) in [7, 11) is 0. The topological polar surface area (TPSA) is 42.7 Å². The van der Waals surface area contributed by atoms with Gasteiger partial charge in [-0.1, -0.05) is 24.6 Å². The van der Waals surface area contributed by atoms with Gasteiger partial charge in [0.2, 0.25) is 0 Å². The van der Waals surface area contributed by atoms with Gasteiger partial charge in [-0.15, -0.1) is 0 Å². The van der Waals surface area contributed by atoms with Gasteiger partial charge in [0.1, 0.15) is 11.6 Å². The zero-order valence-electron chi connectivity index (χ0n) is 14.0. The van der Waals surface area contributed by atoms with Crippen molar-refractivity contribution in [3.63, 3.8) is 0 Å². The largest absolute Gasteiger partial charge is 0.309 e. The fourth-order valence-electron chi connectivity index (χ4n) is 3.15. The summed E-state index contributed by atoms with van der Waals surface area (Å²) >= 11 is 0. The van der Waals surface area contributed by atoms with Gasteiger partial charge in [0.25, 0.3) is 0 Å². The van der Waals surface area contributed by atoms with E-state index in [-0.39, 0.29) is 6.04 Å². The Morgan fingerprint density at radius 3 is 2.19 bits per heavy atom. The van der Waals surface area contributed by atoms with Crippen molar-refractivity contribution in [2.45, 2.75) is 54.1 Å². The molecular formula is C17H26N4. The molecule has 0 saturated carbocycles. The van der Waals surface area contributed by atoms with Crippen molar-refractivity contribution in [2.24, 2.45) is 0 Å². The lowest BCUT2D eigenvalue weighted by atomic mass is 9.94. The summed E-state index contributed by atoms with van der Waals surface area (Å²) in [6.45, 7) is 14.4. The SMILES string of the molecule is CCNC(Cn1nc(C)nc1C)c1c(C)cc(C)cc1C. The van der Waals surface area contributed by atoms with Crippen LogP contribution in [0.25, 0.3) is 0 Å². The van der Waals surface area contributed by atoms with Gasteiger partial charge in [-0.3, -0.25) is 0 Å². The van der Waals surface area contributed by atoms with Crippen molar-refractivity contribution in [3.05, 3.63) is 46.0 Å². The molecule has 0 aliphatic heterocycles. The summed E-state index contributed by atoms with van der Waals surface area (Å²) < 4.78 is 2.00. The van der Waals surface area contributed by atoms with Crippen LogP contribution in [0, 0.1) is 34.6 Å². The number of benzene rings is 1. The molecule has 1 N–H and O–H groups in total. The van der Waals surface area contributed by atoms with E-state index in [4.69, 9.17) is 0 Å². The third kappa shape index (κ3) is 3.50. The third-order valence-corrected chi connectivity index (χ3v) is 3.86. The Morgan fingerprint density at radius 2 is 1.71 bits per heavy atom. The van der Waals surface area contributed by atoms with E-state index in [1.165, 1.54) is 22.3 Å². The van der Waals surface area contributed by atoms with Crippen LogP contribution in [0.15, 0.2) is 12.1 Å². The number of likely N-dealkylation sites (N-methyl/N-ethyl adjacent to an activating group) is 1. The zero-order chi connectivity index (χ0) is 15.6. The van der Waals surface area contributed by atoms with E-state index in [0.29, 0.717) is 0 Å². The number of nitrogens with one attached hydrogen (secondary N) is 1. The van der Waals surface area contributed by atoms with Crippen molar-refractivity contribution >= 4 is 0 Å². The van der Waals surface area contributed by atoms with Crippen molar-refractivity contribution in [1.82, 2.24) is 20.1 Å². The van der Waals surface area contributed by atoms with E-state index in [9.17, 15) is 0 Å². The standard InChI is InChI=1S/C17H26N4/c1-7-18-16(10-21-15(6)19-14(5)20-21)17-12(3)8-11(2)9-13(17)4/h8-9,16,18H,7,10H2,1-6H3. The van der Waals surface area contributed by atoms with Gasteiger partial charge in [0.15, 0.2) is 0 Å². The van der Waals surface area contributed by atoms with Crippen LogP contribution in [0.5, 0.6) is 0 Å². The molecule has 2 rings (SSSR count). The second-order valence-corrected chi connectivity index (χ2v) is 5.81. The first-order valence-electron chi connectivity index (χ1n) is 7.61. The highest BCUT2D eigenvalue weighted by molar-refractivity contribution is 5.39. The fourth-order valence-corrected chi connectivity index (χ4v) is 3.15. The lowest BCUT2D eigenvalue weighted by molar-refractivity contribution is 0.437. The highest BCUT2D eigenvalue weighted by Crippen LogP contribution is 2.25. The van der Waals surface area contributed by atoms with Crippen LogP contribution in [0.2, 0.25) is 0 Å². The van der Waals surface area contributed by atoms with Crippen LogP contribution in [-0.2, 0) is 6.54 Å². The molecule has 0 bridgehead atoms. The Labute approximate surface area is 127 Å². The number of aryl methyl sites for hydroxylation is 5. The number of nitrogens with zero attached hydrogens (tertiary/aromatic N) is 3. The predicted octanol–water partition coefficient (Wildman–Crippen LogP) is 3.17. The first kappa shape index (κ1) is 15.7. The molecule has 0 aliphatic rings. The van der Waals surface area contributed by atoms with Crippen LogP contribution < -0.4 is 5.32 Å². The van der Waals surface area contributed by atoms with Gasteiger partial charge in [-0.2, -0.15) is 5.10 Å². The van der Waals surface area contributed by atoms with E-state index in [1.807, 2.05) is 18.5 Å². The summed E-state index contributed by atoms with van der Waals surface area (Å²) in [6.07, 6.45) is 0. The van der Waals surface area contributed by atoms with Gasteiger partial charge in [-0.05, 0) is 57.9 Å². The average Bonchev–Trinajstić information content (AvgIpc) is 2.66. The lowest BCUT2D eigenvalue weighted by Gasteiger charge is -2.23. The van der Waals surface area contributed by atoms with Crippen LogP contribution in [-0.4, -0.2) is 21.3 Å². The molecule has 0 amide bonds. The molecule has 4 heteroatoms. The van der Waals surface area contributed by atoms with Crippen molar-refractivity contribution in [3.8, 4) is 0 Å². The molecule has 1 unspecified atom stereocenters. The molecule has 114 valence electrons. The fraction of sp³-hybridized carbons (Fsp3) is 0.529. The molecule has 1 aromatic heterocycles.